The van der Waals surface area contributed by atoms with Gasteiger partial charge in [-0.1, -0.05) is 0 Å². The van der Waals surface area contributed by atoms with Gasteiger partial charge in [0.2, 0.25) is 5.91 Å². The third-order valence-electron chi connectivity index (χ3n) is 5.09. The number of nitrogens with one attached hydrogen (secondary N) is 1. The molecular formula is C23H20FN3O5S. The smallest absolute Gasteiger partial charge is 0.336 e. The molecule has 4 aromatic rings. The van der Waals surface area contributed by atoms with Crippen molar-refractivity contribution in [2.24, 2.45) is 0 Å². The maximum Gasteiger partial charge on any atom is 0.336 e. The van der Waals surface area contributed by atoms with Gasteiger partial charge in [-0.15, -0.1) is 11.3 Å². The maximum atomic E-state index is 13.6. The van der Waals surface area contributed by atoms with Crippen LogP contribution >= 0.6 is 11.3 Å². The van der Waals surface area contributed by atoms with Crippen molar-refractivity contribution in [3.8, 4) is 17.2 Å². The highest BCUT2D eigenvalue weighted by Crippen LogP contribution is 2.26. The van der Waals surface area contributed by atoms with Gasteiger partial charge in [0, 0.05) is 23.9 Å². The number of thiophene rings is 1. The van der Waals surface area contributed by atoms with Gasteiger partial charge in [-0.2, -0.15) is 0 Å². The molecule has 0 aliphatic rings. The summed E-state index contributed by atoms with van der Waals surface area (Å²) in [5.74, 6) is 0.0145. The van der Waals surface area contributed by atoms with Crippen LogP contribution in [0.4, 0.5) is 10.1 Å². The molecule has 170 valence electrons. The number of carbonyl (C=O) groups excluding carboxylic acids is 1. The molecule has 1 amide bonds. The summed E-state index contributed by atoms with van der Waals surface area (Å²) < 4.78 is 26.5. The van der Waals surface area contributed by atoms with Crippen LogP contribution in [0.1, 0.15) is 5.56 Å². The van der Waals surface area contributed by atoms with Crippen LogP contribution in [0, 0.1) is 12.7 Å². The third-order valence-corrected chi connectivity index (χ3v) is 5.98. The minimum absolute atomic E-state index is 0.258. The average molecular weight is 469 g/mol. The fourth-order valence-electron chi connectivity index (χ4n) is 3.55. The molecule has 8 nitrogen and oxygen atoms in total. The number of ether oxygens (including phenoxy) is 2. The Morgan fingerprint density at radius 3 is 2.39 bits per heavy atom. The molecule has 0 saturated heterocycles. The van der Waals surface area contributed by atoms with Crippen molar-refractivity contribution in [1.82, 2.24) is 9.13 Å². The lowest BCUT2D eigenvalue weighted by Crippen LogP contribution is -2.40. The van der Waals surface area contributed by atoms with Crippen LogP contribution in [-0.2, 0) is 11.3 Å². The molecule has 4 rings (SSSR count). The van der Waals surface area contributed by atoms with Gasteiger partial charge in [-0.25, -0.2) is 13.8 Å². The van der Waals surface area contributed by atoms with Gasteiger partial charge in [0.15, 0.2) is 0 Å². The molecule has 2 heterocycles. The molecular weight excluding hydrogens is 449 g/mol. The topological polar surface area (TPSA) is 91.6 Å². The molecule has 33 heavy (non-hydrogen) atoms. The molecule has 0 unspecified atom stereocenters. The molecule has 0 saturated carbocycles. The number of amides is 1. The van der Waals surface area contributed by atoms with Crippen molar-refractivity contribution in [3.05, 3.63) is 80.1 Å². The summed E-state index contributed by atoms with van der Waals surface area (Å²) in [4.78, 5) is 39.3. The van der Waals surface area contributed by atoms with E-state index >= 15 is 0 Å². The summed E-state index contributed by atoms with van der Waals surface area (Å²) in [5, 5.41) is 4.40. The first-order chi connectivity index (χ1) is 15.8. The fraction of sp³-hybridized carbons (Fsp3) is 0.174. The van der Waals surface area contributed by atoms with Gasteiger partial charge < -0.3 is 14.8 Å². The molecule has 10 heteroatoms. The number of hydrogen-bond acceptors (Lipinski definition) is 6. The zero-order valence-electron chi connectivity index (χ0n) is 18.0. The van der Waals surface area contributed by atoms with E-state index in [9.17, 15) is 18.8 Å². The van der Waals surface area contributed by atoms with Crippen LogP contribution in [0.25, 0.3) is 15.9 Å². The zero-order valence-corrected chi connectivity index (χ0v) is 18.9. The number of hydrogen-bond donors (Lipinski definition) is 1. The van der Waals surface area contributed by atoms with Crippen molar-refractivity contribution in [1.29, 1.82) is 0 Å². The lowest BCUT2D eigenvalue weighted by atomic mass is 10.2. The molecule has 0 bridgehead atoms. The van der Waals surface area contributed by atoms with Gasteiger partial charge >= 0.3 is 5.69 Å². The van der Waals surface area contributed by atoms with Crippen molar-refractivity contribution >= 4 is 33.1 Å². The maximum absolute atomic E-state index is 13.6. The molecule has 0 fully saturated rings. The Kier molecular flexibility index (Phi) is 6.01. The van der Waals surface area contributed by atoms with E-state index < -0.39 is 23.0 Å². The number of anilines is 1. The quantitative estimate of drug-likeness (QED) is 0.468. The lowest BCUT2D eigenvalue weighted by molar-refractivity contribution is -0.116. The van der Waals surface area contributed by atoms with Gasteiger partial charge in [0.1, 0.15) is 28.6 Å². The van der Waals surface area contributed by atoms with E-state index in [1.807, 2.05) is 0 Å². The largest absolute Gasteiger partial charge is 0.497 e. The second kappa shape index (κ2) is 8.91. The number of benzene rings is 2. The van der Waals surface area contributed by atoms with Crippen molar-refractivity contribution in [3.63, 3.8) is 0 Å². The van der Waals surface area contributed by atoms with E-state index in [2.05, 4.69) is 5.32 Å². The highest BCUT2D eigenvalue weighted by molar-refractivity contribution is 7.17. The summed E-state index contributed by atoms with van der Waals surface area (Å²) in [6.07, 6.45) is 0. The van der Waals surface area contributed by atoms with Crippen LogP contribution in [-0.4, -0.2) is 29.3 Å². The van der Waals surface area contributed by atoms with Crippen LogP contribution < -0.4 is 26.0 Å². The number of aromatic nitrogens is 2. The summed E-state index contributed by atoms with van der Waals surface area (Å²) in [6, 6.07) is 10.3. The number of halogens is 1. The molecule has 0 spiro atoms. The first-order valence-electron chi connectivity index (χ1n) is 9.85. The minimum atomic E-state index is -0.695. The van der Waals surface area contributed by atoms with Gasteiger partial charge in [-0.05, 0) is 42.1 Å². The van der Waals surface area contributed by atoms with Crippen molar-refractivity contribution < 1.29 is 18.7 Å². The Balaban J connectivity index is 1.77. The summed E-state index contributed by atoms with van der Waals surface area (Å²) in [7, 11) is 2.99. The highest BCUT2D eigenvalue weighted by Gasteiger charge is 2.19. The SMILES string of the molecule is COc1cc(NC(=O)Cn2c(=O)n(-c3ccc(F)cc3C)c(=O)c3sccc32)cc(OC)c1. The van der Waals surface area contributed by atoms with E-state index in [1.54, 1.807) is 36.6 Å². The Morgan fingerprint density at radius 2 is 1.76 bits per heavy atom. The Morgan fingerprint density at radius 1 is 1.06 bits per heavy atom. The standard InChI is InChI=1S/C23H20FN3O5S/c1-13-8-14(24)4-5-18(13)27-22(29)21-19(6-7-33-21)26(23(27)30)12-20(28)25-15-9-16(31-2)11-17(10-15)32-3/h4-11H,12H2,1-3H3,(H,25,28). The predicted molar refractivity (Wildman–Crippen MR) is 125 cm³/mol. The van der Waals surface area contributed by atoms with Crippen LogP contribution in [0.3, 0.4) is 0 Å². The van der Waals surface area contributed by atoms with Gasteiger partial charge in [0.05, 0.1) is 25.4 Å². The number of fused-ring (bicyclic) bond motifs is 1. The molecule has 2 aromatic heterocycles. The first kappa shape index (κ1) is 22.3. The van der Waals surface area contributed by atoms with Crippen LogP contribution in [0.5, 0.6) is 11.5 Å². The highest BCUT2D eigenvalue weighted by atomic mass is 32.1. The van der Waals surface area contributed by atoms with Crippen LogP contribution in [0.15, 0.2) is 57.4 Å². The second-order valence-electron chi connectivity index (χ2n) is 7.22. The molecule has 0 aliphatic heterocycles. The summed E-state index contributed by atoms with van der Waals surface area (Å²) in [6.45, 7) is 1.27. The van der Waals surface area contributed by atoms with Gasteiger partial charge in [0.25, 0.3) is 5.56 Å². The zero-order chi connectivity index (χ0) is 23.7. The number of nitrogens with zero attached hydrogens (tertiary/aromatic N) is 2. The predicted octanol–water partition coefficient (Wildman–Crippen LogP) is 3.32. The number of aryl methyl sites for hydroxylation is 1. The van der Waals surface area contributed by atoms with E-state index in [-0.39, 0.29) is 12.2 Å². The van der Waals surface area contributed by atoms with Gasteiger partial charge in [-0.3, -0.25) is 14.2 Å². The van der Waals surface area contributed by atoms with Crippen molar-refractivity contribution in [2.75, 3.05) is 19.5 Å². The Bertz CT molecular complexity index is 1470. The van der Waals surface area contributed by atoms with E-state index in [4.69, 9.17) is 9.47 Å². The summed E-state index contributed by atoms with van der Waals surface area (Å²) in [5.41, 5.74) is 0.240. The molecule has 2 aromatic carbocycles. The van der Waals surface area contributed by atoms with E-state index in [0.717, 1.165) is 15.9 Å². The number of rotatable bonds is 6. The van der Waals surface area contributed by atoms with Crippen LogP contribution in [0.2, 0.25) is 0 Å². The number of methoxy groups -OCH3 is 2. The molecule has 0 aliphatic carbocycles. The first-order valence-corrected chi connectivity index (χ1v) is 10.7. The average Bonchev–Trinajstić information content (AvgIpc) is 3.28. The number of carbonyl (C=O) groups is 1. The third kappa shape index (κ3) is 4.24. The Hall–Kier alpha value is -3.92. The molecule has 1 N–H and O–H groups in total. The fourth-order valence-corrected chi connectivity index (χ4v) is 4.37. The Labute approximate surface area is 191 Å². The summed E-state index contributed by atoms with van der Waals surface area (Å²) >= 11 is 1.16. The lowest BCUT2D eigenvalue weighted by Gasteiger charge is -2.14. The normalized spacial score (nSPS) is 10.9. The second-order valence-corrected chi connectivity index (χ2v) is 8.14. The van der Waals surface area contributed by atoms with Crippen molar-refractivity contribution in [2.45, 2.75) is 13.5 Å². The monoisotopic (exact) mass is 469 g/mol. The minimum Gasteiger partial charge on any atom is -0.497 e. The van der Waals surface area contributed by atoms with E-state index in [0.29, 0.717) is 33.0 Å². The molecule has 0 radical (unpaired) electrons. The van der Waals surface area contributed by atoms with E-state index in [1.165, 1.54) is 37.0 Å². The molecule has 0 atom stereocenters.